The molecule has 0 heterocycles. The van der Waals surface area contributed by atoms with Crippen molar-refractivity contribution in [3.05, 3.63) is 66.2 Å². The monoisotopic (exact) mass is 312 g/mol. The van der Waals surface area contributed by atoms with Crippen molar-refractivity contribution in [2.24, 2.45) is 0 Å². The predicted octanol–water partition coefficient (Wildman–Crippen LogP) is 3.12. The van der Waals surface area contributed by atoms with Crippen molar-refractivity contribution >= 4 is 11.6 Å². The smallest absolute Gasteiger partial charge is 0.246 e. The lowest BCUT2D eigenvalue weighted by Gasteiger charge is -2.19. The topological polar surface area (TPSA) is 61.4 Å². The van der Waals surface area contributed by atoms with Gasteiger partial charge in [0.15, 0.2) is 0 Å². The minimum atomic E-state index is -0.384. The fourth-order valence-electron chi connectivity index (χ4n) is 2.40. The first kappa shape index (κ1) is 17.2. The maximum absolute atomic E-state index is 12.6. The molecule has 0 spiro atoms. The number of anilines is 1. The summed E-state index contributed by atoms with van der Waals surface area (Å²) in [5.74, 6) is -0.0652. The lowest BCUT2D eigenvalue weighted by molar-refractivity contribution is -0.118. The lowest BCUT2D eigenvalue weighted by atomic mass is 10.1. The van der Waals surface area contributed by atoms with E-state index in [9.17, 15) is 4.79 Å². The average molecular weight is 312 g/mol. The molecule has 4 nitrogen and oxygen atoms in total. The number of carbonyl (C=O) groups excluding carboxylic acids is 1. The number of aliphatic hydroxyl groups excluding tert-OH is 1. The second-order valence-electron chi connectivity index (χ2n) is 5.44. The summed E-state index contributed by atoms with van der Waals surface area (Å²) in [7, 11) is 0. The summed E-state index contributed by atoms with van der Waals surface area (Å²) in [4.78, 5) is 12.6. The third-order valence-corrected chi connectivity index (χ3v) is 3.62. The van der Waals surface area contributed by atoms with Gasteiger partial charge in [-0.05, 0) is 43.5 Å². The van der Waals surface area contributed by atoms with Crippen LogP contribution in [0.5, 0.6) is 0 Å². The second kappa shape index (κ2) is 9.77. The van der Waals surface area contributed by atoms with Crippen molar-refractivity contribution in [3.8, 4) is 0 Å². The van der Waals surface area contributed by atoms with Crippen molar-refractivity contribution in [1.29, 1.82) is 0 Å². The van der Waals surface area contributed by atoms with Gasteiger partial charge in [0.05, 0.1) is 0 Å². The lowest BCUT2D eigenvalue weighted by Crippen LogP contribution is -2.33. The number of benzene rings is 2. The molecule has 0 saturated carbocycles. The number of hydrogen-bond donors (Lipinski definition) is 3. The Balaban J connectivity index is 1.99. The van der Waals surface area contributed by atoms with Crippen LogP contribution in [0, 0.1) is 0 Å². The van der Waals surface area contributed by atoms with E-state index < -0.39 is 0 Å². The summed E-state index contributed by atoms with van der Waals surface area (Å²) >= 11 is 0. The number of unbranched alkanes of at least 4 members (excludes halogenated alkanes) is 2. The van der Waals surface area contributed by atoms with Crippen LogP contribution in [0.1, 0.15) is 30.9 Å². The summed E-state index contributed by atoms with van der Waals surface area (Å²) in [5.41, 5.74) is 1.74. The molecule has 0 aromatic heterocycles. The molecule has 122 valence electrons. The quantitative estimate of drug-likeness (QED) is 0.623. The molecule has 1 atom stereocenters. The number of hydrogen-bond acceptors (Lipinski definition) is 3. The Labute approximate surface area is 137 Å². The Bertz CT molecular complexity index is 572. The van der Waals surface area contributed by atoms with E-state index in [1.54, 1.807) is 0 Å². The molecular weight excluding hydrogens is 288 g/mol. The summed E-state index contributed by atoms with van der Waals surface area (Å²) in [5, 5.41) is 15.1. The van der Waals surface area contributed by atoms with E-state index in [-0.39, 0.29) is 18.6 Å². The highest BCUT2D eigenvalue weighted by Crippen LogP contribution is 2.16. The van der Waals surface area contributed by atoms with Crippen molar-refractivity contribution in [3.63, 3.8) is 0 Å². The van der Waals surface area contributed by atoms with Gasteiger partial charge < -0.3 is 15.7 Å². The van der Waals surface area contributed by atoms with Crippen LogP contribution in [0.2, 0.25) is 0 Å². The van der Waals surface area contributed by atoms with E-state index in [2.05, 4.69) is 10.6 Å². The SMILES string of the molecule is O=C(Nc1ccccc1)C(NCCCCCO)c1ccccc1. The Morgan fingerprint density at radius 1 is 0.913 bits per heavy atom. The van der Waals surface area contributed by atoms with E-state index >= 15 is 0 Å². The summed E-state index contributed by atoms with van der Waals surface area (Å²) in [6.45, 7) is 0.957. The molecule has 4 heteroatoms. The molecule has 1 amide bonds. The number of aliphatic hydroxyl groups is 1. The molecule has 2 aromatic rings. The third-order valence-electron chi connectivity index (χ3n) is 3.62. The summed E-state index contributed by atoms with van der Waals surface area (Å²) in [6.07, 6.45) is 2.68. The highest BCUT2D eigenvalue weighted by Gasteiger charge is 2.19. The van der Waals surface area contributed by atoms with Gasteiger partial charge >= 0.3 is 0 Å². The molecule has 0 saturated heterocycles. The first-order chi connectivity index (χ1) is 11.3. The maximum atomic E-state index is 12.6. The Morgan fingerprint density at radius 2 is 1.57 bits per heavy atom. The standard InChI is InChI=1S/C19H24N2O2/c22-15-9-3-8-14-20-18(16-10-4-1-5-11-16)19(23)21-17-12-6-2-7-13-17/h1-2,4-7,10-13,18,20,22H,3,8-9,14-15H2,(H,21,23). The molecule has 2 aromatic carbocycles. The van der Waals surface area contributed by atoms with Crippen LogP contribution in [-0.2, 0) is 4.79 Å². The minimum absolute atomic E-state index is 0.0652. The predicted molar refractivity (Wildman–Crippen MR) is 93.2 cm³/mol. The number of rotatable bonds is 9. The van der Waals surface area contributed by atoms with Crippen LogP contribution in [-0.4, -0.2) is 24.2 Å². The van der Waals surface area contributed by atoms with Crippen LogP contribution in [0.15, 0.2) is 60.7 Å². The zero-order valence-electron chi connectivity index (χ0n) is 13.2. The Morgan fingerprint density at radius 3 is 2.22 bits per heavy atom. The highest BCUT2D eigenvalue weighted by molar-refractivity contribution is 5.95. The van der Waals surface area contributed by atoms with Crippen molar-refractivity contribution in [2.45, 2.75) is 25.3 Å². The number of amides is 1. The van der Waals surface area contributed by atoms with Gasteiger partial charge in [-0.1, -0.05) is 48.5 Å². The van der Waals surface area contributed by atoms with Gasteiger partial charge in [-0.3, -0.25) is 4.79 Å². The number of para-hydroxylation sites is 1. The maximum Gasteiger partial charge on any atom is 0.246 e. The van der Waals surface area contributed by atoms with Crippen LogP contribution in [0.25, 0.3) is 0 Å². The van der Waals surface area contributed by atoms with Gasteiger partial charge in [-0.25, -0.2) is 0 Å². The molecule has 3 N–H and O–H groups in total. The van der Waals surface area contributed by atoms with Gasteiger partial charge in [0.1, 0.15) is 6.04 Å². The largest absolute Gasteiger partial charge is 0.396 e. The highest BCUT2D eigenvalue weighted by atomic mass is 16.2. The second-order valence-corrected chi connectivity index (χ2v) is 5.44. The van der Waals surface area contributed by atoms with E-state index in [1.807, 2.05) is 60.7 Å². The first-order valence-electron chi connectivity index (χ1n) is 8.06. The van der Waals surface area contributed by atoms with Crippen LogP contribution < -0.4 is 10.6 Å². The average Bonchev–Trinajstić information content (AvgIpc) is 2.59. The Kier molecular flexibility index (Phi) is 7.30. The third kappa shape index (κ3) is 5.85. The molecule has 2 rings (SSSR count). The summed E-state index contributed by atoms with van der Waals surface area (Å²) < 4.78 is 0. The van der Waals surface area contributed by atoms with E-state index in [0.717, 1.165) is 37.1 Å². The van der Waals surface area contributed by atoms with E-state index in [0.29, 0.717) is 0 Å². The molecule has 0 aliphatic rings. The van der Waals surface area contributed by atoms with Gasteiger partial charge in [0.2, 0.25) is 5.91 Å². The normalized spacial score (nSPS) is 11.9. The minimum Gasteiger partial charge on any atom is -0.396 e. The van der Waals surface area contributed by atoms with Gasteiger partial charge in [-0.2, -0.15) is 0 Å². The van der Waals surface area contributed by atoms with E-state index in [4.69, 9.17) is 5.11 Å². The molecule has 0 fully saturated rings. The van der Waals surface area contributed by atoms with E-state index in [1.165, 1.54) is 0 Å². The molecule has 23 heavy (non-hydrogen) atoms. The molecule has 0 bridgehead atoms. The number of carbonyl (C=O) groups is 1. The zero-order valence-corrected chi connectivity index (χ0v) is 13.2. The Hall–Kier alpha value is -2.17. The zero-order chi connectivity index (χ0) is 16.3. The molecule has 1 unspecified atom stereocenters. The molecule has 0 aliphatic carbocycles. The van der Waals surface area contributed by atoms with Gasteiger partial charge in [0.25, 0.3) is 0 Å². The van der Waals surface area contributed by atoms with Gasteiger partial charge in [0, 0.05) is 12.3 Å². The summed E-state index contributed by atoms with van der Waals surface area (Å²) in [6, 6.07) is 18.8. The van der Waals surface area contributed by atoms with Crippen molar-refractivity contribution in [1.82, 2.24) is 5.32 Å². The first-order valence-corrected chi connectivity index (χ1v) is 8.06. The number of nitrogens with one attached hydrogen (secondary N) is 2. The fraction of sp³-hybridized carbons (Fsp3) is 0.316. The van der Waals surface area contributed by atoms with Crippen LogP contribution >= 0.6 is 0 Å². The van der Waals surface area contributed by atoms with Crippen molar-refractivity contribution in [2.75, 3.05) is 18.5 Å². The molecule has 0 radical (unpaired) electrons. The van der Waals surface area contributed by atoms with Gasteiger partial charge in [-0.15, -0.1) is 0 Å². The van der Waals surface area contributed by atoms with Crippen molar-refractivity contribution < 1.29 is 9.90 Å². The fourth-order valence-corrected chi connectivity index (χ4v) is 2.40. The molecule has 0 aliphatic heterocycles. The van der Waals surface area contributed by atoms with Crippen LogP contribution in [0.3, 0.4) is 0 Å². The molecular formula is C19H24N2O2. The van der Waals surface area contributed by atoms with Crippen LogP contribution in [0.4, 0.5) is 5.69 Å².